The summed E-state index contributed by atoms with van der Waals surface area (Å²) in [6.45, 7) is -0.603. The minimum Gasteiger partial charge on any atom is -0.349 e. The van der Waals surface area contributed by atoms with Gasteiger partial charge < -0.3 is 5.32 Å². The lowest BCUT2D eigenvalue weighted by Crippen LogP contribution is -2.29. The van der Waals surface area contributed by atoms with Crippen molar-refractivity contribution in [2.45, 2.75) is 12.3 Å². The van der Waals surface area contributed by atoms with Gasteiger partial charge in [0.05, 0.1) is 12.1 Å². The fraction of sp³-hybridized carbons (Fsp3) is 0.150. The van der Waals surface area contributed by atoms with E-state index in [-0.39, 0.29) is 10.6 Å². The highest BCUT2D eigenvalue weighted by atomic mass is 35.5. The predicted molar refractivity (Wildman–Crippen MR) is 100 cm³/mol. The van der Waals surface area contributed by atoms with Crippen molar-refractivity contribution in [3.05, 3.63) is 82.6 Å². The maximum atomic E-state index is 14.6. The van der Waals surface area contributed by atoms with Crippen LogP contribution in [0, 0.1) is 5.95 Å². The Kier molecular flexibility index (Phi) is 6.31. The summed E-state index contributed by atoms with van der Waals surface area (Å²) in [5, 5.41) is 2.14. The van der Waals surface area contributed by atoms with E-state index < -0.39 is 42.0 Å². The number of nitrogens with zero attached hydrogens (tertiary/aromatic N) is 2. The molecule has 3 rings (SSSR count). The molecule has 0 saturated heterocycles. The van der Waals surface area contributed by atoms with Gasteiger partial charge in [0.2, 0.25) is 5.95 Å². The van der Waals surface area contributed by atoms with Crippen molar-refractivity contribution in [3.63, 3.8) is 0 Å². The van der Waals surface area contributed by atoms with Gasteiger partial charge in [0.25, 0.3) is 5.91 Å². The van der Waals surface area contributed by atoms with Crippen molar-refractivity contribution in [2.75, 3.05) is 6.54 Å². The summed E-state index contributed by atoms with van der Waals surface area (Å²) in [6, 6.07) is 9.15. The molecule has 1 amide bonds. The van der Waals surface area contributed by atoms with Gasteiger partial charge in [0.1, 0.15) is 6.17 Å². The molecule has 30 heavy (non-hydrogen) atoms. The first kappa shape index (κ1) is 21.6. The molecule has 0 radical (unpaired) electrons. The molecular formula is C20H13ClF5N3O. The van der Waals surface area contributed by atoms with Crippen LogP contribution in [0.2, 0.25) is 5.02 Å². The molecule has 4 nitrogen and oxygen atoms in total. The molecule has 0 aliphatic carbocycles. The standard InChI is InChI=1S/C20H13ClF5N3O/c21-15-8-11(12-5-7-27-17(23)9-12)3-4-13(15)16(22)10-29-19(30)14-2-1-6-28-18(14)20(24,25)26/h1-9,16H,10H2,(H,29,30). The van der Waals surface area contributed by atoms with E-state index >= 15 is 0 Å². The third-order valence-electron chi connectivity index (χ3n) is 4.16. The Morgan fingerprint density at radius 1 is 1.07 bits per heavy atom. The lowest BCUT2D eigenvalue weighted by Gasteiger charge is -2.15. The number of alkyl halides is 4. The minimum atomic E-state index is -4.82. The van der Waals surface area contributed by atoms with Crippen LogP contribution in [0.25, 0.3) is 11.1 Å². The van der Waals surface area contributed by atoms with Gasteiger partial charge in [-0.15, -0.1) is 0 Å². The van der Waals surface area contributed by atoms with Crippen LogP contribution in [0.1, 0.15) is 27.8 Å². The van der Waals surface area contributed by atoms with Crippen LogP contribution in [-0.4, -0.2) is 22.4 Å². The third kappa shape index (κ3) is 4.91. The zero-order chi connectivity index (χ0) is 21.9. The van der Waals surface area contributed by atoms with Crippen LogP contribution < -0.4 is 5.32 Å². The number of carbonyl (C=O) groups is 1. The summed E-state index contributed by atoms with van der Waals surface area (Å²) in [7, 11) is 0. The largest absolute Gasteiger partial charge is 0.434 e. The monoisotopic (exact) mass is 441 g/mol. The number of amides is 1. The molecule has 0 aliphatic rings. The average Bonchev–Trinajstić information content (AvgIpc) is 2.71. The van der Waals surface area contributed by atoms with E-state index in [1.165, 1.54) is 36.5 Å². The van der Waals surface area contributed by atoms with Gasteiger partial charge in [-0.1, -0.05) is 23.7 Å². The van der Waals surface area contributed by atoms with Crippen molar-refractivity contribution in [2.24, 2.45) is 0 Å². The Bertz CT molecular complexity index is 1070. The Labute approximate surface area is 172 Å². The summed E-state index contributed by atoms with van der Waals surface area (Å²) in [5.41, 5.74) is -1.04. The van der Waals surface area contributed by atoms with Crippen LogP contribution >= 0.6 is 11.6 Å². The average molecular weight is 442 g/mol. The van der Waals surface area contributed by atoms with Gasteiger partial charge in [0, 0.05) is 29.0 Å². The Hall–Kier alpha value is -3.07. The number of pyridine rings is 2. The minimum absolute atomic E-state index is 0.0174. The van der Waals surface area contributed by atoms with E-state index in [1.807, 2.05) is 0 Å². The van der Waals surface area contributed by atoms with E-state index in [4.69, 9.17) is 11.6 Å². The fourth-order valence-corrected chi connectivity index (χ4v) is 3.04. The fourth-order valence-electron chi connectivity index (χ4n) is 2.74. The SMILES string of the molecule is O=C(NCC(F)c1ccc(-c2ccnc(F)c2)cc1Cl)c1cccnc1C(F)(F)F. The summed E-state index contributed by atoms with van der Waals surface area (Å²) in [5.74, 6) is -1.80. The second-order valence-electron chi connectivity index (χ2n) is 6.18. The van der Waals surface area contributed by atoms with Gasteiger partial charge in [-0.3, -0.25) is 9.78 Å². The highest BCUT2D eigenvalue weighted by Crippen LogP contribution is 2.32. The molecule has 1 atom stereocenters. The second kappa shape index (κ2) is 8.74. The van der Waals surface area contributed by atoms with Crippen LogP contribution in [0.4, 0.5) is 22.0 Å². The van der Waals surface area contributed by atoms with Crippen LogP contribution in [0.15, 0.2) is 54.9 Å². The molecule has 3 aromatic rings. The molecule has 2 aromatic heterocycles. The molecule has 0 bridgehead atoms. The number of nitrogens with one attached hydrogen (secondary N) is 1. The molecule has 2 heterocycles. The lowest BCUT2D eigenvalue weighted by atomic mass is 10.0. The predicted octanol–water partition coefficient (Wildman–Crippen LogP) is 5.40. The van der Waals surface area contributed by atoms with Crippen LogP contribution in [0.5, 0.6) is 0 Å². The van der Waals surface area contributed by atoms with E-state index in [2.05, 4.69) is 15.3 Å². The summed E-state index contributed by atoms with van der Waals surface area (Å²) < 4.78 is 66.8. The smallest absolute Gasteiger partial charge is 0.349 e. The quantitative estimate of drug-likeness (QED) is 0.426. The molecule has 0 spiro atoms. The maximum absolute atomic E-state index is 14.6. The summed E-state index contributed by atoms with van der Waals surface area (Å²) in [6.07, 6.45) is -4.42. The lowest BCUT2D eigenvalue weighted by molar-refractivity contribution is -0.141. The number of halogens is 6. The number of hydrogen-bond acceptors (Lipinski definition) is 3. The van der Waals surface area contributed by atoms with Crippen LogP contribution in [0.3, 0.4) is 0 Å². The van der Waals surface area contributed by atoms with Gasteiger partial charge in [0.15, 0.2) is 5.69 Å². The van der Waals surface area contributed by atoms with Gasteiger partial charge in [-0.25, -0.2) is 9.37 Å². The van der Waals surface area contributed by atoms with E-state index in [0.29, 0.717) is 11.1 Å². The zero-order valence-corrected chi connectivity index (χ0v) is 15.8. The normalized spacial score (nSPS) is 12.5. The van der Waals surface area contributed by atoms with Crippen molar-refractivity contribution in [1.82, 2.24) is 15.3 Å². The molecule has 0 saturated carbocycles. The van der Waals surface area contributed by atoms with Gasteiger partial charge in [-0.05, 0) is 35.4 Å². The Morgan fingerprint density at radius 3 is 2.47 bits per heavy atom. The van der Waals surface area contributed by atoms with Gasteiger partial charge >= 0.3 is 6.18 Å². The first-order chi connectivity index (χ1) is 14.2. The zero-order valence-electron chi connectivity index (χ0n) is 15.1. The summed E-state index contributed by atoms with van der Waals surface area (Å²) in [4.78, 5) is 18.7. The first-order valence-corrected chi connectivity index (χ1v) is 8.90. The Morgan fingerprint density at radius 2 is 1.80 bits per heavy atom. The number of hydrogen-bond donors (Lipinski definition) is 1. The van der Waals surface area contributed by atoms with E-state index in [9.17, 15) is 26.7 Å². The number of aromatic nitrogens is 2. The molecular weight excluding hydrogens is 429 g/mol. The second-order valence-corrected chi connectivity index (χ2v) is 6.59. The molecule has 156 valence electrons. The molecule has 10 heteroatoms. The number of benzene rings is 1. The first-order valence-electron chi connectivity index (χ1n) is 8.52. The van der Waals surface area contributed by atoms with Gasteiger partial charge in [-0.2, -0.15) is 17.6 Å². The van der Waals surface area contributed by atoms with Crippen molar-refractivity contribution < 1.29 is 26.7 Å². The summed E-state index contributed by atoms with van der Waals surface area (Å²) >= 11 is 6.11. The molecule has 1 unspecified atom stereocenters. The van der Waals surface area contributed by atoms with Crippen molar-refractivity contribution in [3.8, 4) is 11.1 Å². The molecule has 1 N–H and O–H groups in total. The van der Waals surface area contributed by atoms with Crippen molar-refractivity contribution in [1.29, 1.82) is 0 Å². The molecule has 1 aromatic carbocycles. The third-order valence-corrected chi connectivity index (χ3v) is 4.49. The Balaban J connectivity index is 1.73. The topological polar surface area (TPSA) is 54.9 Å². The number of carbonyl (C=O) groups excluding carboxylic acids is 1. The van der Waals surface area contributed by atoms with Crippen LogP contribution in [-0.2, 0) is 6.18 Å². The van der Waals surface area contributed by atoms with E-state index in [1.54, 1.807) is 6.07 Å². The molecule has 0 aliphatic heterocycles. The maximum Gasteiger partial charge on any atom is 0.434 e. The molecule has 0 fully saturated rings. The van der Waals surface area contributed by atoms with Crippen molar-refractivity contribution >= 4 is 17.5 Å². The highest BCUT2D eigenvalue weighted by Gasteiger charge is 2.37. The highest BCUT2D eigenvalue weighted by molar-refractivity contribution is 6.31. The van der Waals surface area contributed by atoms with E-state index in [0.717, 1.165) is 12.3 Å². The number of rotatable bonds is 5.